The van der Waals surface area contributed by atoms with E-state index in [9.17, 15) is 26.7 Å². The molecule has 0 aliphatic rings. The van der Waals surface area contributed by atoms with E-state index in [1.807, 2.05) is 0 Å². The zero-order valence-electron chi connectivity index (χ0n) is 12.0. The van der Waals surface area contributed by atoms with E-state index in [0.29, 0.717) is 0 Å². The first-order valence-corrected chi connectivity index (χ1v) is 6.68. The zero-order valence-corrected chi connectivity index (χ0v) is 12.0. The van der Waals surface area contributed by atoms with Gasteiger partial charge in [0, 0.05) is 23.9 Å². The van der Waals surface area contributed by atoms with Gasteiger partial charge < -0.3 is 4.90 Å². The highest BCUT2D eigenvalue weighted by Crippen LogP contribution is 2.30. The highest BCUT2D eigenvalue weighted by atomic mass is 19.4. The molecule has 2 rings (SSSR count). The summed E-state index contributed by atoms with van der Waals surface area (Å²) in [5.74, 6) is -2.95. The van der Waals surface area contributed by atoms with Crippen LogP contribution in [0.5, 0.6) is 0 Å². The van der Waals surface area contributed by atoms with Crippen LogP contribution in [0.25, 0.3) is 0 Å². The van der Waals surface area contributed by atoms with Crippen LogP contribution < -0.4 is 4.90 Å². The van der Waals surface area contributed by atoms with E-state index in [4.69, 9.17) is 0 Å². The predicted octanol–water partition coefficient (Wildman–Crippen LogP) is 4.65. The van der Waals surface area contributed by atoms with Crippen LogP contribution in [0.2, 0.25) is 0 Å². The second-order valence-corrected chi connectivity index (χ2v) is 4.73. The lowest BCUT2D eigenvalue weighted by molar-refractivity contribution is -0.137. The molecule has 0 aliphatic heterocycles. The molecule has 0 aromatic heterocycles. The molecule has 0 radical (unpaired) electrons. The minimum atomic E-state index is -4.57. The predicted molar refractivity (Wildman–Crippen MR) is 75.2 cm³/mol. The third-order valence-electron chi connectivity index (χ3n) is 3.21. The molecule has 2 aromatic carbocycles. The summed E-state index contributed by atoms with van der Waals surface area (Å²) < 4.78 is 64.4. The molecule has 23 heavy (non-hydrogen) atoms. The van der Waals surface area contributed by atoms with Gasteiger partial charge in [-0.05, 0) is 37.3 Å². The van der Waals surface area contributed by atoms with Gasteiger partial charge in [-0.3, -0.25) is 4.79 Å². The third-order valence-corrected chi connectivity index (χ3v) is 3.21. The lowest BCUT2D eigenvalue weighted by Gasteiger charge is -2.21. The summed E-state index contributed by atoms with van der Waals surface area (Å²) in [6.07, 6.45) is -4.57. The molecule has 0 spiro atoms. The lowest BCUT2D eigenvalue weighted by Crippen LogP contribution is -2.31. The van der Waals surface area contributed by atoms with Gasteiger partial charge in [0.25, 0.3) is 5.91 Å². The molecule has 0 bridgehead atoms. The van der Waals surface area contributed by atoms with Crippen molar-refractivity contribution in [3.8, 4) is 0 Å². The van der Waals surface area contributed by atoms with E-state index in [1.54, 1.807) is 6.92 Å². The van der Waals surface area contributed by atoms with E-state index in [-0.39, 0.29) is 17.8 Å². The number of benzene rings is 2. The number of halogens is 5. The second kappa shape index (κ2) is 6.36. The standard InChI is InChI=1S/C16H12F5NO/c1-2-22(12-6-7-13(17)14(18)9-12)15(23)10-4-3-5-11(8-10)16(19,20)21/h3-9H,2H2,1H3. The van der Waals surface area contributed by atoms with Gasteiger partial charge >= 0.3 is 6.18 Å². The third kappa shape index (κ3) is 3.67. The Balaban J connectivity index is 2.38. The second-order valence-electron chi connectivity index (χ2n) is 4.73. The van der Waals surface area contributed by atoms with Crippen LogP contribution >= 0.6 is 0 Å². The maximum Gasteiger partial charge on any atom is 0.416 e. The average Bonchev–Trinajstić information content (AvgIpc) is 2.50. The molecule has 0 N–H and O–H groups in total. The Hall–Kier alpha value is -2.44. The molecular weight excluding hydrogens is 317 g/mol. The normalized spacial score (nSPS) is 11.4. The van der Waals surface area contributed by atoms with Gasteiger partial charge in [0.1, 0.15) is 0 Å². The summed E-state index contributed by atoms with van der Waals surface area (Å²) in [7, 11) is 0. The molecule has 2 nitrogen and oxygen atoms in total. The van der Waals surface area contributed by atoms with E-state index in [0.717, 1.165) is 35.2 Å². The number of carbonyl (C=O) groups is 1. The monoisotopic (exact) mass is 329 g/mol. The highest BCUT2D eigenvalue weighted by Gasteiger charge is 2.31. The molecule has 1 amide bonds. The first-order valence-electron chi connectivity index (χ1n) is 6.68. The summed E-state index contributed by atoms with van der Waals surface area (Å²) >= 11 is 0. The van der Waals surface area contributed by atoms with Crippen molar-refractivity contribution >= 4 is 11.6 Å². The molecule has 2 aromatic rings. The number of carbonyl (C=O) groups excluding carboxylic acids is 1. The fraction of sp³-hybridized carbons (Fsp3) is 0.188. The summed E-state index contributed by atoms with van der Waals surface area (Å²) in [5.41, 5.74) is -1.08. The van der Waals surface area contributed by atoms with Gasteiger partial charge in [-0.1, -0.05) is 6.07 Å². The molecule has 0 unspecified atom stereocenters. The van der Waals surface area contributed by atoms with E-state index in [1.165, 1.54) is 12.1 Å². The fourth-order valence-corrected chi connectivity index (χ4v) is 2.08. The highest BCUT2D eigenvalue weighted by molar-refractivity contribution is 6.06. The van der Waals surface area contributed by atoms with E-state index >= 15 is 0 Å². The average molecular weight is 329 g/mol. The molecule has 122 valence electrons. The summed E-state index contributed by atoms with van der Waals surface area (Å²) in [6.45, 7) is 1.66. The van der Waals surface area contributed by atoms with Crippen LogP contribution in [0.3, 0.4) is 0 Å². The minimum absolute atomic E-state index is 0.0637. The zero-order chi connectivity index (χ0) is 17.2. The first-order chi connectivity index (χ1) is 10.7. The van der Waals surface area contributed by atoms with Gasteiger partial charge in [-0.2, -0.15) is 13.2 Å². The number of rotatable bonds is 3. The largest absolute Gasteiger partial charge is 0.416 e. The van der Waals surface area contributed by atoms with Gasteiger partial charge in [0.05, 0.1) is 5.56 Å². The van der Waals surface area contributed by atoms with Crippen molar-refractivity contribution in [1.29, 1.82) is 0 Å². The quantitative estimate of drug-likeness (QED) is 0.751. The van der Waals surface area contributed by atoms with Crippen molar-refractivity contribution in [2.45, 2.75) is 13.1 Å². The van der Waals surface area contributed by atoms with Crippen LogP contribution in [0.4, 0.5) is 27.6 Å². The van der Waals surface area contributed by atoms with Gasteiger partial charge in [-0.15, -0.1) is 0 Å². The summed E-state index contributed by atoms with van der Waals surface area (Å²) in [4.78, 5) is 13.5. The number of alkyl halides is 3. The van der Waals surface area contributed by atoms with Crippen LogP contribution in [-0.4, -0.2) is 12.5 Å². The van der Waals surface area contributed by atoms with Crippen molar-refractivity contribution in [2.24, 2.45) is 0 Å². The van der Waals surface area contributed by atoms with Crippen molar-refractivity contribution in [3.63, 3.8) is 0 Å². The van der Waals surface area contributed by atoms with E-state index < -0.39 is 29.3 Å². The van der Waals surface area contributed by atoms with Crippen LogP contribution in [0.1, 0.15) is 22.8 Å². The smallest absolute Gasteiger partial charge is 0.309 e. The number of hydrogen-bond acceptors (Lipinski definition) is 1. The molecular formula is C16H12F5NO. The Morgan fingerprint density at radius 3 is 2.30 bits per heavy atom. The van der Waals surface area contributed by atoms with Gasteiger partial charge in [-0.25, -0.2) is 8.78 Å². The number of anilines is 1. The maximum atomic E-state index is 13.3. The summed E-state index contributed by atoms with van der Waals surface area (Å²) in [6, 6.07) is 6.80. The van der Waals surface area contributed by atoms with Crippen molar-refractivity contribution < 1.29 is 26.7 Å². The van der Waals surface area contributed by atoms with E-state index in [2.05, 4.69) is 0 Å². The molecule has 0 fully saturated rings. The Labute approximate surface area is 129 Å². The molecule has 0 saturated carbocycles. The topological polar surface area (TPSA) is 20.3 Å². The van der Waals surface area contributed by atoms with Gasteiger partial charge in [0.15, 0.2) is 11.6 Å². The number of hydrogen-bond donors (Lipinski definition) is 0. The molecule has 0 saturated heterocycles. The number of nitrogens with zero attached hydrogens (tertiary/aromatic N) is 1. The minimum Gasteiger partial charge on any atom is -0.309 e. The fourth-order valence-electron chi connectivity index (χ4n) is 2.08. The SMILES string of the molecule is CCN(C(=O)c1cccc(C(F)(F)F)c1)c1ccc(F)c(F)c1. The molecule has 0 atom stereocenters. The van der Waals surface area contributed by atoms with Crippen molar-refractivity contribution in [1.82, 2.24) is 0 Å². The Bertz CT molecular complexity index is 727. The van der Waals surface area contributed by atoms with Crippen molar-refractivity contribution in [3.05, 3.63) is 65.2 Å². The first kappa shape index (κ1) is 16.9. The Morgan fingerprint density at radius 2 is 1.74 bits per heavy atom. The summed E-state index contributed by atoms with van der Waals surface area (Å²) in [5, 5.41) is 0. The molecule has 7 heteroatoms. The van der Waals surface area contributed by atoms with Crippen molar-refractivity contribution in [2.75, 3.05) is 11.4 Å². The van der Waals surface area contributed by atoms with Gasteiger partial charge in [0.2, 0.25) is 0 Å². The Morgan fingerprint density at radius 1 is 1.04 bits per heavy atom. The van der Waals surface area contributed by atoms with Crippen LogP contribution in [-0.2, 0) is 6.18 Å². The van der Waals surface area contributed by atoms with Crippen LogP contribution in [0.15, 0.2) is 42.5 Å². The molecule has 0 heterocycles. The molecule has 0 aliphatic carbocycles. The maximum absolute atomic E-state index is 13.3. The Kier molecular flexibility index (Phi) is 4.68. The lowest BCUT2D eigenvalue weighted by atomic mass is 10.1. The van der Waals surface area contributed by atoms with Crippen LogP contribution in [0, 0.1) is 11.6 Å². The number of amides is 1.